The maximum absolute atomic E-state index is 12.8. The summed E-state index contributed by atoms with van der Waals surface area (Å²) in [5.41, 5.74) is -1.37. The summed E-state index contributed by atoms with van der Waals surface area (Å²) in [4.78, 5) is 15.3. The Hall–Kier alpha value is -2.48. The largest absolute Gasteiger partial charge is 0.428 e. The van der Waals surface area contributed by atoms with E-state index in [2.05, 4.69) is 10.3 Å². The summed E-state index contributed by atoms with van der Waals surface area (Å²) in [5.74, 6) is 0. The molecule has 0 bridgehead atoms. The van der Waals surface area contributed by atoms with Crippen molar-refractivity contribution in [2.45, 2.75) is 6.18 Å². The van der Waals surface area contributed by atoms with Crippen LogP contribution < -0.4 is 10.7 Å². The quantitative estimate of drug-likeness (QED) is 0.620. The predicted molar refractivity (Wildman–Crippen MR) is 72.7 cm³/mol. The smallest absolute Gasteiger partial charge is 0.418 e. The Kier molecular flexibility index (Phi) is 4.41. The number of carbonyl (C=O) groups is 1. The second-order valence-corrected chi connectivity index (χ2v) is 4.52. The lowest BCUT2D eigenvalue weighted by atomic mass is 10.1. The number of amides is 2. The molecule has 1 aromatic heterocycles. The molecule has 0 aliphatic carbocycles. The van der Waals surface area contributed by atoms with Crippen molar-refractivity contribution >= 4 is 23.3 Å². The van der Waals surface area contributed by atoms with Crippen molar-refractivity contribution in [3.05, 3.63) is 58.7 Å². The molecule has 0 radical (unpaired) electrons. The number of pyridine rings is 1. The Morgan fingerprint density at radius 1 is 1.27 bits per heavy atom. The van der Waals surface area contributed by atoms with Gasteiger partial charge in [0.05, 0.1) is 16.6 Å². The van der Waals surface area contributed by atoms with Gasteiger partial charge in [-0.2, -0.15) is 22.9 Å². The number of benzene rings is 1. The van der Waals surface area contributed by atoms with E-state index in [1.165, 1.54) is 24.3 Å². The van der Waals surface area contributed by atoms with Crippen LogP contribution >= 0.6 is 11.6 Å². The zero-order chi connectivity index (χ0) is 16.3. The predicted octanol–water partition coefficient (Wildman–Crippen LogP) is 3.53. The van der Waals surface area contributed by atoms with Crippen LogP contribution in [0.2, 0.25) is 5.15 Å². The number of hydrogen-bond donors (Lipinski definition) is 2. The first-order valence-electron chi connectivity index (χ1n) is 5.87. The van der Waals surface area contributed by atoms with Crippen LogP contribution in [0.15, 0.2) is 47.6 Å². The van der Waals surface area contributed by atoms with Crippen molar-refractivity contribution in [3.63, 3.8) is 0 Å². The average molecular weight is 332 g/mol. The SMILES string of the molecule is O=C(/N=c1\ccn(O)c(Cl)c1)Nc1ccccc1C(F)(F)F. The molecule has 0 saturated carbocycles. The van der Waals surface area contributed by atoms with E-state index in [4.69, 9.17) is 16.8 Å². The highest BCUT2D eigenvalue weighted by Crippen LogP contribution is 2.34. The summed E-state index contributed by atoms with van der Waals surface area (Å²) in [6, 6.07) is 5.99. The molecule has 5 nitrogen and oxygen atoms in total. The number of alkyl halides is 3. The minimum Gasteiger partial charge on any atom is -0.428 e. The third kappa shape index (κ3) is 3.79. The molecule has 22 heavy (non-hydrogen) atoms. The number of para-hydroxylation sites is 1. The topological polar surface area (TPSA) is 66.6 Å². The molecule has 0 unspecified atom stereocenters. The van der Waals surface area contributed by atoms with Gasteiger partial charge in [0.2, 0.25) is 0 Å². The molecule has 1 aromatic carbocycles. The summed E-state index contributed by atoms with van der Waals surface area (Å²) >= 11 is 5.62. The number of urea groups is 1. The summed E-state index contributed by atoms with van der Waals surface area (Å²) in [7, 11) is 0. The molecular weight excluding hydrogens is 323 g/mol. The molecule has 0 spiro atoms. The molecule has 0 aliphatic rings. The van der Waals surface area contributed by atoms with Gasteiger partial charge in [-0.3, -0.25) is 0 Å². The van der Waals surface area contributed by atoms with Gasteiger partial charge < -0.3 is 10.5 Å². The second-order valence-electron chi connectivity index (χ2n) is 4.14. The fourth-order valence-electron chi connectivity index (χ4n) is 1.62. The molecule has 0 saturated heterocycles. The lowest BCUT2D eigenvalue weighted by molar-refractivity contribution is -0.136. The first-order valence-corrected chi connectivity index (χ1v) is 6.24. The Morgan fingerprint density at radius 2 is 1.95 bits per heavy atom. The second kappa shape index (κ2) is 6.10. The maximum Gasteiger partial charge on any atom is 0.418 e. The van der Waals surface area contributed by atoms with Crippen molar-refractivity contribution in [1.29, 1.82) is 0 Å². The zero-order valence-electron chi connectivity index (χ0n) is 10.8. The van der Waals surface area contributed by atoms with Crippen molar-refractivity contribution in [1.82, 2.24) is 4.73 Å². The van der Waals surface area contributed by atoms with Crippen LogP contribution in [0.4, 0.5) is 23.7 Å². The molecule has 1 heterocycles. The van der Waals surface area contributed by atoms with Gasteiger partial charge in [-0.05, 0) is 18.2 Å². The Balaban J connectivity index is 2.28. The fraction of sp³-hybridized carbons (Fsp3) is 0.0769. The van der Waals surface area contributed by atoms with Crippen LogP contribution in [-0.4, -0.2) is 16.0 Å². The van der Waals surface area contributed by atoms with Crippen molar-refractivity contribution in [2.24, 2.45) is 4.99 Å². The van der Waals surface area contributed by atoms with Crippen molar-refractivity contribution in [2.75, 3.05) is 5.32 Å². The molecule has 0 aliphatic heterocycles. The maximum atomic E-state index is 12.8. The monoisotopic (exact) mass is 331 g/mol. The van der Waals surface area contributed by atoms with Crippen LogP contribution in [0, 0.1) is 0 Å². The Labute approximate surface area is 127 Å². The van der Waals surface area contributed by atoms with E-state index in [1.54, 1.807) is 0 Å². The number of nitrogens with zero attached hydrogens (tertiary/aromatic N) is 2. The van der Waals surface area contributed by atoms with Gasteiger partial charge in [-0.15, -0.1) is 0 Å². The van der Waals surface area contributed by atoms with E-state index >= 15 is 0 Å². The highest BCUT2D eigenvalue weighted by Gasteiger charge is 2.33. The molecule has 9 heteroatoms. The minimum atomic E-state index is -4.59. The number of aromatic nitrogens is 1. The number of nitrogens with one attached hydrogen (secondary N) is 1. The van der Waals surface area contributed by atoms with E-state index in [-0.39, 0.29) is 10.5 Å². The van der Waals surface area contributed by atoms with Crippen molar-refractivity contribution < 1.29 is 23.2 Å². The Bertz CT molecular complexity index is 772. The number of hydrogen-bond acceptors (Lipinski definition) is 2. The highest BCUT2D eigenvalue weighted by molar-refractivity contribution is 6.29. The Morgan fingerprint density at radius 3 is 2.59 bits per heavy atom. The standard InChI is InChI=1S/C13H9ClF3N3O2/c14-11-7-8(5-6-20(11)22)18-12(21)19-10-4-2-1-3-9(10)13(15,16)17/h1-7,22H,(H,19,21)/b18-8+. The number of anilines is 1. The van der Waals surface area contributed by atoms with E-state index in [0.29, 0.717) is 4.73 Å². The molecule has 2 rings (SSSR count). The third-order valence-corrected chi connectivity index (χ3v) is 2.86. The van der Waals surface area contributed by atoms with E-state index in [1.807, 2.05) is 0 Å². The van der Waals surface area contributed by atoms with Gasteiger partial charge in [0, 0.05) is 12.3 Å². The molecule has 0 atom stereocenters. The molecule has 2 amide bonds. The van der Waals surface area contributed by atoms with E-state index in [9.17, 15) is 18.0 Å². The van der Waals surface area contributed by atoms with Gasteiger partial charge >= 0.3 is 12.2 Å². The molecule has 2 N–H and O–H groups in total. The molecule has 2 aromatic rings. The molecule has 116 valence electrons. The molecular formula is C13H9ClF3N3O2. The van der Waals surface area contributed by atoms with Gasteiger partial charge in [-0.25, -0.2) is 4.79 Å². The van der Waals surface area contributed by atoms with Crippen LogP contribution in [0.25, 0.3) is 0 Å². The first-order chi connectivity index (χ1) is 10.3. The van der Waals surface area contributed by atoms with Crippen LogP contribution in [0.5, 0.6) is 0 Å². The number of carbonyl (C=O) groups excluding carboxylic acids is 1. The van der Waals surface area contributed by atoms with Crippen LogP contribution in [-0.2, 0) is 6.18 Å². The van der Waals surface area contributed by atoms with Gasteiger partial charge in [0.1, 0.15) is 5.15 Å². The summed E-state index contributed by atoms with van der Waals surface area (Å²) < 4.78 is 39.0. The minimum absolute atomic E-state index is 0.0808. The van der Waals surface area contributed by atoms with Gasteiger partial charge in [0.25, 0.3) is 0 Å². The van der Waals surface area contributed by atoms with E-state index in [0.717, 1.165) is 18.3 Å². The van der Waals surface area contributed by atoms with Crippen molar-refractivity contribution in [3.8, 4) is 0 Å². The third-order valence-electron chi connectivity index (χ3n) is 2.58. The van der Waals surface area contributed by atoms with Gasteiger partial charge in [-0.1, -0.05) is 23.7 Å². The van der Waals surface area contributed by atoms with E-state index < -0.39 is 23.5 Å². The number of halogens is 4. The zero-order valence-corrected chi connectivity index (χ0v) is 11.6. The van der Waals surface area contributed by atoms with Crippen LogP contribution in [0.1, 0.15) is 5.56 Å². The normalized spacial score (nSPS) is 12.3. The lowest BCUT2D eigenvalue weighted by Gasteiger charge is -2.12. The van der Waals surface area contributed by atoms with Gasteiger partial charge in [0.15, 0.2) is 0 Å². The van der Waals surface area contributed by atoms with Crippen LogP contribution in [0.3, 0.4) is 0 Å². The summed E-state index contributed by atoms with van der Waals surface area (Å²) in [6.45, 7) is 0. The lowest BCUT2D eigenvalue weighted by Crippen LogP contribution is -2.16. The fourth-order valence-corrected chi connectivity index (χ4v) is 1.79. The highest BCUT2D eigenvalue weighted by atomic mass is 35.5. The molecule has 0 fully saturated rings. The summed E-state index contributed by atoms with van der Waals surface area (Å²) in [5, 5.41) is 11.2. The average Bonchev–Trinajstić information content (AvgIpc) is 2.42. The summed E-state index contributed by atoms with van der Waals surface area (Å²) in [6.07, 6.45) is -3.46. The number of rotatable bonds is 1. The first kappa shape index (κ1) is 15.9.